The Hall–Kier alpha value is -2.76. The van der Waals surface area contributed by atoms with Gasteiger partial charge in [0.05, 0.1) is 6.42 Å². The van der Waals surface area contributed by atoms with Gasteiger partial charge in [-0.1, -0.05) is 17.3 Å². The van der Waals surface area contributed by atoms with Gasteiger partial charge in [0.15, 0.2) is 11.6 Å². The van der Waals surface area contributed by atoms with Gasteiger partial charge in [-0.3, -0.25) is 0 Å². The zero-order valence-corrected chi connectivity index (χ0v) is 10.8. The van der Waals surface area contributed by atoms with Gasteiger partial charge < -0.3 is 9.63 Å². The molecule has 0 unspecified atom stereocenters. The van der Waals surface area contributed by atoms with Gasteiger partial charge >= 0.3 is 0 Å². The van der Waals surface area contributed by atoms with E-state index in [2.05, 4.69) is 10.1 Å². The first-order chi connectivity index (χ1) is 10.1. The van der Waals surface area contributed by atoms with Crippen LogP contribution in [-0.4, -0.2) is 15.2 Å². The van der Waals surface area contributed by atoms with Gasteiger partial charge in [0, 0.05) is 5.56 Å². The van der Waals surface area contributed by atoms with Gasteiger partial charge in [-0.25, -0.2) is 8.78 Å². The molecule has 1 aromatic heterocycles. The lowest BCUT2D eigenvalue weighted by Crippen LogP contribution is -1.89. The zero-order valence-electron chi connectivity index (χ0n) is 10.8. The number of phenols is 1. The Morgan fingerprint density at radius 2 is 1.76 bits per heavy atom. The molecule has 2 aromatic carbocycles. The van der Waals surface area contributed by atoms with Crippen LogP contribution in [0.3, 0.4) is 0 Å². The molecule has 0 radical (unpaired) electrons. The van der Waals surface area contributed by atoms with Crippen molar-refractivity contribution in [3.8, 4) is 17.1 Å². The summed E-state index contributed by atoms with van der Waals surface area (Å²) in [4.78, 5) is 4.14. The molecule has 0 aliphatic rings. The third-order valence-corrected chi connectivity index (χ3v) is 2.94. The van der Waals surface area contributed by atoms with Crippen molar-refractivity contribution >= 4 is 0 Å². The van der Waals surface area contributed by atoms with Gasteiger partial charge in [-0.2, -0.15) is 4.98 Å². The summed E-state index contributed by atoms with van der Waals surface area (Å²) >= 11 is 0. The molecule has 3 rings (SSSR count). The summed E-state index contributed by atoms with van der Waals surface area (Å²) in [5, 5.41) is 13.0. The van der Waals surface area contributed by atoms with E-state index in [1.165, 1.54) is 6.07 Å². The summed E-state index contributed by atoms with van der Waals surface area (Å²) < 4.78 is 31.1. The maximum absolute atomic E-state index is 13.2. The molecule has 0 aliphatic carbocycles. The Morgan fingerprint density at radius 1 is 1.00 bits per heavy atom. The second-order valence-electron chi connectivity index (χ2n) is 4.48. The van der Waals surface area contributed by atoms with Crippen molar-refractivity contribution in [2.45, 2.75) is 6.42 Å². The Bertz CT molecular complexity index is 770. The summed E-state index contributed by atoms with van der Waals surface area (Å²) in [6.45, 7) is 0. The lowest BCUT2D eigenvalue weighted by atomic mass is 10.1. The van der Waals surface area contributed by atoms with Crippen molar-refractivity contribution in [2.75, 3.05) is 0 Å². The monoisotopic (exact) mass is 288 g/mol. The first-order valence-corrected chi connectivity index (χ1v) is 6.18. The molecule has 0 saturated heterocycles. The molecule has 0 amide bonds. The molecular formula is C15H10F2N2O2. The molecule has 4 nitrogen and oxygen atoms in total. The maximum atomic E-state index is 13.2. The number of aromatic nitrogens is 2. The molecule has 0 bridgehead atoms. The molecule has 0 aliphatic heterocycles. The highest BCUT2D eigenvalue weighted by molar-refractivity contribution is 5.54. The van der Waals surface area contributed by atoms with Gasteiger partial charge in [-0.05, 0) is 35.9 Å². The van der Waals surface area contributed by atoms with Crippen molar-refractivity contribution in [3.63, 3.8) is 0 Å². The van der Waals surface area contributed by atoms with Crippen LogP contribution in [0, 0.1) is 11.6 Å². The van der Waals surface area contributed by atoms with Crippen LogP contribution in [0.1, 0.15) is 11.5 Å². The van der Waals surface area contributed by atoms with Crippen LogP contribution in [-0.2, 0) is 6.42 Å². The second-order valence-corrected chi connectivity index (χ2v) is 4.48. The average molecular weight is 288 g/mol. The summed E-state index contributed by atoms with van der Waals surface area (Å²) in [5.74, 6) is -1.17. The molecule has 106 valence electrons. The van der Waals surface area contributed by atoms with E-state index in [-0.39, 0.29) is 11.6 Å². The molecular weight excluding hydrogens is 278 g/mol. The van der Waals surface area contributed by atoms with Crippen molar-refractivity contribution in [1.29, 1.82) is 0 Å². The first-order valence-electron chi connectivity index (χ1n) is 6.18. The van der Waals surface area contributed by atoms with Gasteiger partial charge in [0.25, 0.3) is 0 Å². The van der Waals surface area contributed by atoms with E-state index in [0.29, 0.717) is 17.9 Å². The van der Waals surface area contributed by atoms with Gasteiger partial charge in [0.2, 0.25) is 11.7 Å². The van der Waals surface area contributed by atoms with Crippen LogP contribution in [0.5, 0.6) is 5.75 Å². The first kappa shape index (κ1) is 13.2. The highest BCUT2D eigenvalue weighted by Gasteiger charge is 2.11. The molecule has 21 heavy (non-hydrogen) atoms. The van der Waals surface area contributed by atoms with E-state index < -0.39 is 11.6 Å². The Labute approximate surface area is 118 Å². The number of phenolic OH excluding ortho intramolecular Hbond substituents is 1. The van der Waals surface area contributed by atoms with Crippen molar-refractivity contribution < 1.29 is 18.4 Å². The van der Waals surface area contributed by atoms with Crippen molar-refractivity contribution in [1.82, 2.24) is 10.1 Å². The predicted octanol–water partition coefficient (Wildman–Crippen LogP) is 3.31. The van der Waals surface area contributed by atoms with Crippen molar-refractivity contribution in [3.05, 3.63) is 65.6 Å². The van der Waals surface area contributed by atoms with Crippen LogP contribution >= 0.6 is 0 Å². The van der Waals surface area contributed by atoms with E-state index in [0.717, 1.165) is 17.7 Å². The fraction of sp³-hybridized carbons (Fsp3) is 0.0667. The Morgan fingerprint density at radius 3 is 2.48 bits per heavy atom. The van der Waals surface area contributed by atoms with E-state index in [1.54, 1.807) is 24.3 Å². The Balaban J connectivity index is 1.82. The number of rotatable bonds is 3. The number of nitrogens with zero attached hydrogens (tertiary/aromatic N) is 2. The average Bonchev–Trinajstić information content (AvgIpc) is 2.93. The molecule has 0 spiro atoms. The topological polar surface area (TPSA) is 59.2 Å². The fourth-order valence-corrected chi connectivity index (χ4v) is 1.87. The smallest absolute Gasteiger partial charge is 0.231 e. The number of benzene rings is 2. The lowest BCUT2D eigenvalue weighted by Gasteiger charge is -1.97. The van der Waals surface area contributed by atoms with Crippen LogP contribution in [0.2, 0.25) is 0 Å². The van der Waals surface area contributed by atoms with Crippen LogP contribution in [0.25, 0.3) is 11.4 Å². The summed E-state index contributed by atoms with van der Waals surface area (Å²) in [6.07, 6.45) is 0.386. The molecule has 1 N–H and O–H groups in total. The highest BCUT2D eigenvalue weighted by atomic mass is 19.2. The minimum atomic E-state index is -0.961. The quantitative estimate of drug-likeness (QED) is 0.803. The minimum Gasteiger partial charge on any atom is -0.508 e. The van der Waals surface area contributed by atoms with E-state index in [9.17, 15) is 13.9 Å². The number of hydrogen-bond acceptors (Lipinski definition) is 4. The number of halogens is 2. The second kappa shape index (κ2) is 5.32. The SMILES string of the molecule is Oc1ccc(Cc2nc(-c3ccc(F)c(F)c3)no2)cc1. The molecule has 0 fully saturated rings. The van der Waals surface area contributed by atoms with Gasteiger partial charge in [-0.15, -0.1) is 0 Å². The summed E-state index contributed by atoms with van der Waals surface area (Å²) in [5.41, 5.74) is 1.22. The number of hydrogen-bond donors (Lipinski definition) is 1. The fourth-order valence-electron chi connectivity index (χ4n) is 1.87. The standard InChI is InChI=1S/C15H10F2N2O2/c16-12-6-3-10(8-13(12)17)15-18-14(21-19-15)7-9-1-4-11(20)5-2-9/h1-6,8,20H,7H2. The van der Waals surface area contributed by atoms with Crippen LogP contribution < -0.4 is 0 Å². The van der Waals surface area contributed by atoms with E-state index >= 15 is 0 Å². The normalized spacial score (nSPS) is 10.8. The molecule has 1 heterocycles. The molecule has 0 saturated carbocycles. The third-order valence-electron chi connectivity index (χ3n) is 2.94. The molecule has 3 aromatic rings. The molecule has 0 atom stereocenters. The molecule has 6 heteroatoms. The van der Waals surface area contributed by atoms with Crippen LogP contribution in [0.4, 0.5) is 8.78 Å². The predicted molar refractivity (Wildman–Crippen MR) is 70.6 cm³/mol. The maximum Gasteiger partial charge on any atom is 0.231 e. The van der Waals surface area contributed by atoms with E-state index in [1.807, 2.05) is 0 Å². The Kier molecular flexibility index (Phi) is 3.35. The number of aromatic hydroxyl groups is 1. The largest absolute Gasteiger partial charge is 0.508 e. The van der Waals surface area contributed by atoms with Crippen molar-refractivity contribution in [2.24, 2.45) is 0 Å². The van der Waals surface area contributed by atoms with Gasteiger partial charge in [0.1, 0.15) is 5.75 Å². The highest BCUT2D eigenvalue weighted by Crippen LogP contribution is 2.20. The minimum absolute atomic E-state index is 0.173. The van der Waals surface area contributed by atoms with Crippen LogP contribution in [0.15, 0.2) is 47.0 Å². The summed E-state index contributed by atoms with van der Waals surface area (Å²) in [6, 6.07) is 10.00. The lowest BCUT2D eigenvalue weighted by molar-refractivity contribution is 0.385. The van der Waals surface area contributed by atoms with E-state index in [4.69, 9.17) is 4.52 Å². The zero-order chi connectivity index (χ0) is 14.8. The third kappa shape index (κ3) is 2.89. The summed E-state index contributed by atoms with van der Waals surface area (Å²) in [7, 11) is 0.